The second-order valence-corrected chi connectivity index (χ2v) is 5.07. The molecular formula is C15H20N4O. The molecule has 0 bridgehead atoms. The van der Waals surface area contributed by atoms with Gasteiger partial charge in [0.25, 0.3) is 0 Å². The molecule has 5 heteroatoms. The number of rotatable bonds is 4. The maximum atomic E-state index is 12.1. The van der Waals surface area contributed by atoms with Gasteiger partial charge >= 0.3 is 0 Å². The number of nitrogens with two attached hydrogens (primary N) is 1. The van der Waals surface area contributed by atoms with Crippen LogP contribution in [-0.4, -0.2) is 15.7 Å². The predicted molar refractivity (Wildman–Crippen MR) is 77.9 cm³/mol. The van der Waals surface area contributed by atoms with Crippen molar-refractivity contribution in [3.05, 3.63) is 53.3 Å². The second kappa shape index (κ2) is 5.88. The van der Waals surface area contributed by atoms with Crippen molar-refractivity contribution in [3.63, 3.8) is 0 Å². The molecular weight excluding hydrogens is 252 g/mol. The van der Waals surface area contributed by atoms with Crippen LogP contribution in [-0.2, 0) is 11.8 Å². The van der Waals surface area contributed by atoms with Gasteiger partial charge in [-0.2, -0.15) is 5.10 Å². The molecule has 0 aliphatic heterocycles. The Balaban J connectivity index is 2.04. The number of nitrogens with one attached hydrogen (secondary N) is 1. The van der Waals surface area contributed by atoms with Gasteiger partial charge in [0.2, 0.25) is 5.91 Å². The van der Waals surface area contributed by atoms with Gasteiger partial charge in [0.15, 0.2) is 0 Å². The van der Waals surface area contributed by atoms with E-state index in [-0.39, 0.29) is 11.9 Å². The monoisotopic (exact) mass is 272 g/mol. The molecule has 1 aromatic heterocycles. The molecule has 2 rings (SSSR count). The molecule has 2 aromatic rings. The molecule has 0 aliphatic carbocycles. The van der Waals surface area contributed by atoms with Gasteiger partial charge in [0.1, 0.15) is 6.04 Å². The third kappa shape index (κ3) is 3.24. The van der Waals surface area contributed by atoms with Gasteiger partial charge in [-0.15, -0.1) is 0 Å². The Hall–Kier alpha value is -2.14. The van der Waals surface area contributed by atoms with Crippen LogP contribution < -0.4 is 11.1 Å². The summed E-state index contributed by atoms with van der Waals surface area (Å²) < 4.78 is 1.63. The van der Waals surface area contributed by atoms with Crippen molar-refractivity contribution >= 4 is 5.91 Å². The highest BCUT2D eigenvalue weighted by molar-refractivity contribution is 5.83. The summed E-state index contributed by atoms with van der Waals surface area (Å²) in [4.78, 5) is 12.1. The van der Waals surface area contributed by atoms with Gasteiger partial charge in [-0.1, -0.05) is 29.8 Å². The third-order valence-electron chi connectivity index (χ3n) is 3.27. The van der Waals surface area contributed by atoms with Gasteiger partial charge in [0, 0.05) is 18.8 Å². The minimum absolute atomic E-state index is 0.0786. The SMILES string of the molecule is Cc1cccc([C@@H](C)NC(=O)C(N)c2cnn(C)c2)c1. The van der Waals surface area contributed by atoms with Crippen LogP contribution in [0.3, 0.4) is 0 Å². The number of aryl methyl sites for hydroxylation is 2. The molecule has 106 valence electrons. The molecule has 1 aromatic carbocycles. The molecule has 5 nitrogen and oxygen atoms in total. The van der Waals surface area contributed by atoms with Crippen LogP contribution in [0.1, 0.15) is 35.7 Å². The van der Waals surface area contributed by atoms with Crippen molar-refractivity contribution in [3.8, 4) is 0 Å². The van der Waals surface area contributed by atoms with E-state index in [1.807, 2.05) is 32.0 Å². The Morgan fingerprint density at radius 1 is 1.40 bits per heavy atom. The van der Waals surface area contributed by atoms with Gasteiger partial charge in [-0.3, -0.25) is 9.48 Å². The first kappa shape index (κ1) is 14.3. The summed E-state index contributed by atoms with van der Waals surface area (Å²) >= 11 is 0. The van der Waals surface area contributed by atoms with Crippen LogP contribution in [0, 0.1) is 6.92 Å². The van der Waals surface area contributed by atoms with E-state index in [1.165, 1.54) is 5.56 Å². The summed E-state index contributed by atoms with van der Waals surface area (Å²) in [5, 5.41) is 6.96. The average Bonchev–Trinajstić information content (AvgIpc) is 2.84. The van der Waals surface area contributed by atoms with E-state index >= 15 is 0 Å². The molecule has 20 heavy (non-hydrogen) atoms. The van der Waals surface area contributed by atoms with Gasteiger partial charge < -0.3 is 11.1 Å². The quantitative estimate of drug-likeness (QED) is 0.888. The standard InChI is InChI=1S/C15H20N4O/c1-10-5-4-6-12(7-10)11(2)18-15(20)14(16)13-8-17-19(3)9-13/h4-9,11,14H,16H2,1-3H3,(H,18,20)/t11-,14?/m1/s1. The topological polar surface area (TPSA) is 72.9 Å². The second-order valence-electron chi connectivity index (χ2n) is 5.07. The van der Waals surface area contributed by atoms with Crippen molar-refractivity contribution in [1.29, 1.82) is 0 Å². The molecule has 0 saturated carbocycles. The fourth-order valence-corrected chi connectivity index (χ4v) is 2.08. The van der Waals surface area contributed by atoms with Crippen molar-refractivity contribution in [2.24, 2.45) is 12.8 Å². The first-order chi connectivity index (χ1) is 9.47. The highest BCUT2D eigenvalue weighted by atomic mass is 16.2. The van der Waals surface area contributed by atoms with E-state index < -0.39 is 6.04 Å². The Morgan fingerprint density at radius 2 is 2.15 bits per heavy atom. The third-order valence-corrected chi connectivity index (χ3v) is 3.27. The van der Waals surface area contributed by atoms with Crippen LogP contribution in [0.2, 0.25) is 0 Å². The van der Waals surface area contributed by atoms with Crippen molar-refractivity contribution < 1.29 is 4.79 Å². The molecule has 0 radical (unpaired) electrons. The van der Waals surface area contributed by atoms with Crippen molar-refractivity contribution in [1.82, 2.24) is 15.1 Å². The first-order valence-corrected chi connectivity index (χ1v) is 6.58. The summed E-state index contributed by atoms with van der Waals surface area (Å²) in [5.41, 5.74) is 8.89. The summed E-state index contributed by atoms with van der Waals surface area (Å²) in [7, 11) is 1.80. The van der Waals surface area contributed by atoms with Crippen LogP contribution in [0.4, 0.5) is 0 Å². The Bertz CT molecular complexity index is 605. The average molecular weight is 272 g/mol. The van der Waals surface area contributed by atoms with E-state index in [0.717, 1.165) is 5.56 Å². The van der Waals surface area contributed by atoms with Crippen LogP contribution in [0.25, 0.3) is 0 Å². The number of carbonyl (C=O) groups is 1. The van der Waals surface area contributed by atoms with E-state index in [1.54, 1.807) is 24.1 Å². The van der Waals surface area contributed by atoms with E-state index in [9.17, 15) is 4.79 Å². The summed E-state index contributed by atoms with van der Waals surface area (Å²) in [6.07, 6.45) is 3.36. The van der Waals surface area contributed by atoms with Gasteiger partial charge in [-0.05, 0) is 19.4 Å². The van der Waals surface area contributed by atoms with E-state index in [2.05, 4.69) is 16.5 Å². The number of hydrogen-bond acceptors (Lipinski definition) is 3. The lowest BCUT2D eigenvalue weighted by Crippen LogP contribution is -2.35. The van der Waals surface area contributed by atoms with Gasteiger partial charge in [0.05, 0.1) is 12.2 Å². The van der Waals surface area contributed by atoms with Crippen molar-refractivity contribution in [2.45, 2.75) is 25.9 Å². The molecule has 0 spiro atoms. The molecule has 1 unspecified atom stereocenters. The van der Waals surface area contributed by atoms with Gasteiger partial charge in [-0.25, -0.2) is 0 Å². The zero-order valence-electron chi connectivity index (χ0n) is 12.0. The smallest absolute Gasteiger partial charge is 0.242 e. The molecule has 0 aliphatic rings. The number of hydrogen-bond donors (Lipinski definition) is 2. The lowest BCUT2D eigenvalue weighted by Gasteiger charge is -2.17. The maximum Gasteiger partial charge on any atom is 0.242 e. The number of benzene rings is 1. The lowest BCUT2D eigenvalue weighted by atomic mass is 10.0. The highest BCUT2D eigenvalue weighted by Crippen LogP contribution is 2.16. The zero-order chi connectivity index (χ0) is 14.7. The lowest BCUT2D eigenvalue weighted by molar-refractivity contribution is -0.123. The van der Waals surface area contributed by atoms with Crippen molar-refractivity contribution in [2.75, 3.05) is 0 Å². The Kier molecular flexibility index (Phi) is 4.20. The predicted octanol–water partition coefficient (Wildman–Crippen LogP) is 1.61. The number of carbonyl (C=O) groups excluding carboxylic acids is 1. The Labute approximate surface area is 118 Å². The summed E-state index contributed by atoms with van der Waals surface area (Å²) in [6, 6.07) is 7.28. The molecule has 1 amide bonds. The zero-order valence-corrected chi connectivity index (χ0v) is 12.0. The first-order valence-electron chi connectivity index (χ1n) is 6.58. The number of nitrogens with zero attached hydrogens (tertiary/aromatic N) is 2. The summed E-state index contributed by atoms with van der Waals surface area (Å²) in [5.74, 6) is -0.202. The highest BCUT2D eigenvalue weighted by Gasteiger charge is 2.19. The fourth-order valence-electron chi connectivity index (χ4n) is 2.08. The van der Waals surface area contributed by atoms with E-state index in [0.29, 0.717) is 5.56 Å². The molecule has 3 N–H and O–H groups in total. The largest absolute Gasteiger partial charge is 0.348 e. The molecule has 0 saturated heterocycles. The van der Waals surface area contributed by atoms with Crippen LogP contribution in [0.15, 0.2) is 36.7 Å². The summed E-state index contributed by atoms with van der Waals surface area (Å²) in [6.45, 7) is 3.97. The number of amides is 1. The molecule has 1 heterocycles. The minimum Gasteiger partial charge on any atom is -0.348 e. The minimum atomic E-state index is -0.698. The maximum absolute atomic E-state index is 12.1. The van der Waals surface area contributed by atoms with Crippen LogP contribution in [0.5, 0.6) is 0 Å². The van der Waals surface area contributed by atoms with Crippen LogP contribution >= 0.6 is 0 Å². The fraction of sp³-hybridized carbons (Fsp3) is 0.333. The normalized spacial score (nSPS) is 13.8. The molecule has 0 fully saturated rings. The molecule has 2 atom stereocenters. The Morgan fingerprint density at radius 3 is 2.75 bits per heavy atom. The van der Waals surface area contributed by atoms with E-state index in [4.69, 9.17) is 5.73 Å². The number of aromatic nitrogens is 2.